The Morgan fingerprint density at radius 1 is 1.31 bits per heavy atom. The van der Waals surface area contributed by atoms with E-state index >= 15 is 0 Å². The monoisotopic (exact) mass is 210 g/mol. The number of nitrogens with one attached hydrogen (secondary N) is 2. The Labute approximate surface area is 77.2 Å². The van der Waals surface area contributed by atoms with Crippen LogP contribution in [0.4, 0.5) is 4.79 Å². The van der Waals surface area contributed by atoms with Crippen molar-refractivity contribution < 1.29 is 18.3 Å². The van der Waals surface area contributed by atoms with Crippen LogP contribution in [0.15, 0.2) is 0 Å². The van der Waals surface area contributed by atoms with Crippen LogP contribution in [0.3, 0.4) is 0 Å². The second kappa shape index (κ2) is 5.76. The third-order valence-corrected chi connectivity index (χ3v) is 2.17. The first kappa shape index (κ1) is 12.2. The van der Waals surface area contributed by atoms with Crippen molar-refractivity contribution in [1.82, 2.24) is 10.6 Å². The molecule has 1 amide bonds. The lowest BCUT2D eigenvalue weighted by atomic mass is 10.6. The lowest BCUT2D eigenvalue weighted by Gasteiger charge is -2.03. The zero-order valence-corrected chi connectivity index (χ0v) is 8.23. The number of hydrogen-bond acceptors (Lipinski definition) is 4. The number of carbonyl (C=O) groups is 1. The van der Waals surface area contributed by atoms with Gasteiger partial charge in [-0.3, -0.25) is 0 Å². The molecule has 0 aromatic carbocycles. The zero-order chi connectivity index (χ0) is 10.3. The predicted octanol–water partition coefficient (Wildman–Crippen LogP) is -1.11. The quantitative estimate of drug-likeness (QED) is 0.483. The van der Waals surface area contributed by atoms with Crippen molar-refractivity contribution in [2.75, 3.05) is 31.6 Å². The molecule has 13 heavy (non-hydrogen) atoms. The summed E-state index contributed by atoms with van der Waals surface area (Å²) in [6.45, 7) is 1.06. The first-order valence-electron chi connectivity index (χ1n) is 3.77. The van der Waals surface area contributed by atoms with E-state index in [-0.39, 0.29) is 12.3 Å². The zero-order valence-electron chi connectivity index (χ0n) is 7.41. The van der Waals surface area contributed by atoms with Crippen LogP contribution in [0, 0.1) is 0 Å². The van der Waals surface area contributed by atoms with Crippen LogP contribution in [0.25, 0.3) is 0 Å². The largest absolute Gasteiger partial charge is 0.465 e. The predicted molar refractivity (Wildman–Crippen MR) is 48.6 cm³/mol. The molecule has 0 atom stereocenters. The molecule has 6 nitrogen and oxygen atoms in total. The lowest BCUT2D eigenvalue weighted by molar-refractivity contribution is 0.194. The molecule has 0 aliphatic carbocycles. The Bertz CT molecular complexity index is 249. The summed E-state index contributed by atoms with van der Waals surface area (Å²) in [6.07, 6.45) is 0.0781. The maximum atomic E-state index is 10.6. The molecule has 78 valence electrons. The van der Waals surface area contributed by atoms with Crippen molar-refractivity contribution in [3.8, 4) is 0 Å². The van der Waals surface area contributed by atoms with E-state index in [0.717, 1.165) is 6.26 Å². The maximum Gasteiger partial charge on any atom is 0.404 e. The van der Waals surface area contributed by atoms with Gasteiger partial charge < -0.3 is 15.7 Å². The van der Waals surface area contributed by atoms with Gasteiger partial charge in [0.15, 0.2) is 0 Å². The number of carboxylic acid groups (broad SMARTS) is 1. The van der Waals surface area contributed by atoms with Crippen LogP contribution in [0.1, 0.15) is 0 Å². The fourth-order valence-corrected chi connectivity index (χ4v) is 1.16. The van der Waals surface area contributed by atoms with E-state index in [2.05, 4.69) is 10.6 Å². The van der Waals surface area contributed by atoms with E-state index in [0.29, 0.717) is 13.1 Å². The first-order chi connectivity index (χ1) is 5.92. The van der Waals surface area contributed by atoms with Crippen LogP contribution < -0.4 is 10.6 Å². The van der Waals surface area contributed by atoms with Crippen LogP contribution in [0.5, 0.6) is 0 Å². The second-order valence-corrected chi connectivity index (χ2v) is 4.87. The van der Waals surface area contributed by atoms with E-state index in [1.807, 2.05) is 0 Å². The highest BCUT2D eigenvalue weighted by Gasteiger charge is 2.00. The maximum absolute atomic E-state index is 10.6. The fraction of sp³-hybridized carbons (Fsp3) is 0.833. The van der Waals surface area contributed by atoms with E-state index in [1.54, 1.807) is 0 Å². The highest BCUT2D eigenvalue weighted by molar-refractivity contribution is 7.90. The van der Waals surface area contributed by atoms with Crippen LogP contribution in [0.2, 0.25) is 0 Å². The normalized spacial score (nSPS) is 11.2. The van der Waals surface area contributed by atoms with Crippen molar-refractivity contribution in [2.24, 2.45) is 0 Å². The summed E-state index contributed by atoms with van der Waals surface area (Å²) in [6, 6.07) is 0. The molecule has 0 heterocycles. The molecule has 7 heteroatoms. The Balaban J connectivity index is 3.23. The summed E-state index contributed by atoms with van der Waals surface area (Å²) >= 11 is 0. The first-order valence-corrected chi connectivity index (χ1v) is 5.83. The molecule has 0 saturated heterocycles. The van der Waals surface area contributed by atoms with Crippen LogP contribution in [-0.4, -0.2) is 51.3 Å². The Hall–Kier alpha value is -0.820. The van der Waals surface area contributed by atoms with E-state index in [9.17, 15) is 13.2 Å². The molecule has 3 N–H and O–H groups in total. The van der Waals surface area contributed by atoms with Crippen molar-refractivity contribution >= 4 is 15.9 Å². The topological polar surface area (TPSA) is 95.5 Å². The molecular formula is C6H14N2O4S. The summed E-state index contributed by atoms with van der Waals surface area (Å²) < 4.78 is 21.2. The minimum absolute atomic E-state index is 0.0695. The van der Waals surface area contributed by atoms with Gasteiger partial charge in [-0.25, -0.2) is 13.2 Å². The molecule has 0 aliphatic heterocycles. The number of hydrogen-bond donors (Lipinski definition) is 3. The molecule has 0 radical (unpaired) electrons. The van der Waals surface area contributed by atoms with Gasteiger partial charge in [-0.2, -0.15) is 0 Å². The van der Waals surface area contributed by atoms with Gasteiger partial charge in [0.05, 0.1) is 5.75 Å². The van der Waals surface area contributed by atoms with Crippen LogP contribution >= 0.6 is 0 Å². The number of rotatable bonds is 6. The Morgan fingerprint density at radius 3 is 2.38 bits per heavy atom. The molecule has 0 fully saturated rings. The van der Waals surface area contributed by atoms with Gasteiger partial charge in [-0.1, -0.05) is 0 Å². The summed E-state index contributed by atoms with van der Waals surface area (Å²) in [5.74, 6) is 0.0695. The van der Waals surface area contributed by atoms with Crippen molar-refractivity contribution in [1.29, 1.82) is 0 Å². The van der Waals surface area contributed by atoms with Gasteiger partial charge in [-0.05, 0) is 0 Å². The van der Waals surface area contributed by atoms with Gasteiger partial charge in [0.1, 0.15) is 9.84 Å². The summed E-state index contributed by atoms with van der Waals surface area (Å²) in [5.41, 5.74) is 0. The van der Waals surface area contributed by atoms with E-state index in [4.69, 9.17) is 5.11 Å². The molecule has 0 saturated carbocycles. The van der Waals surface area contributed by atoms with Crippen molar-refractivity contribution in [3.63, 3.8) is 0 Å². The SMILES string of the molecule is CS(=O)(=O)CCNCCNC(=O)O. The minimum Gasteiger partial charge on any atom is -0.465 e. The van der Waals surface area contributed by atoms with Crippen molar-refractivity contribution in [3.05, 3.63) is 0 Å². The highest BCUT2D eigenvalue weighted by atomic mass is 32.2. The lowest BCUT2D eigenvalue weighted by Crippen LogP contribution is -2.32. The number of sulfone groups is 1. The summed E-state index contributed by atoms with van der Waals surface area (Å²) in [5, 5.41) is 13.1. The van der Waals surface area contributed by atoms with Crippen LogP contribution in [-0.2, 0) is 9.84 Å². The third kappa shape index (κ3) is 11.2. The molecule has 0 aromatic rings. The fourth-order valence-electron chi connectivity index (χ4n) is 0.640. The summed E-state index contributed by atoms with van der Waals surface area (Å²) in [7, 11) is -2.93. The van der Waals surface area contributed by atoms with E-state index in [1.165, 1.54) is 0 Å². The molecule has 0 rings (SSSR count). The Kier molecular flexibility index (Phi) is 5.40. The van der Waals surface area contributed by atoms with Gasteiger partial charge in [0.2, 0.25) is 0 Å². The molecule has 0 aliphatic rings. The van der Waals surface area contributed by atoms with Gasteiger partial charge >= 0.3 is 6.09 Å². The number of amides is 1. The third-order valence-electron chi connectivity index (χ3n) is 1.23. The average Bonchev–Trinajstić information content (AvgIpc) is 1.93. The van der Waals surface area contributed by atoms with Gasteiger partial charge in [0.25, 0.3) is 0 Å². The smallest absolute Gasteiger partial charge is 0.404 e. The Morgan fingerprint density at radius 2 is 1.92 bits per heavy atom. The van der Waals surface area contributed by atoms with Gasteiger partial charge in [0, 0.05) is 25.9 Å². The summed E-state index contributed by atoms with van der Waals surface area (Å²) in [4.78, 5) is 9.96. The minimum atomic E-state index is -2.93. The van der Waals surface area contributed by atoms with Crippen molar-refractivity contribution in [2.45, 2.75) is 0 Å². The molecule has 0 aromatic heterocycles. The molecule has 0 bridgehead atoms. The molecule has 0 unspecified atom stereocenters. The standard InChI is InChI=1S/C6H14N2O4S/c1-13(11,12)5-4-7-2-3-8-6(9)10/h7-8H,2-5H2,1H3,(H,9,10). The second-order valence-electron chi connectivity index (χ2n) is 2.61. The van der Waals surface area contributed by atoms with E-state index < -0.39 is 15.9 Å². The molecular weight excluding hydrogens is 196 g/mol. The van der Waals surface area contributed by atoms with Gasteiger partial charge in [-0.15, -0.1) is 0 Å². The average molecular weight is 210 g/mol. The molecule has 0 spiro atoms. The highest BCUT2D eigenvalue weighted by Crippen LogP contribution is 1.78.